The van der Waals surface area contributed by atoms with Gasteiger partial charge in [-0.2, -0.15) is 0 Å². The van der Waals surface area contributed by atoms with Gasteiger partial charge in [0.05, 0.1) is 12.8 Å². The minimum absolute atomic E-state index is 0.348. The zero-order valence-corrected chi connectivity index (χ0v) is 10.7. The number of amides is 1. The molecule has 0 aliphatic heterocycles. The van der Waals surface area contributed by atoms with Gasteiger partial charge in [-0.25, -0.2) is 0 Å². The molecule has 19 heavy (non-hydrogen) atoms. The fourth-order valence-electron chi connectivity index (χ4n) is 1.70. The summed E-state index contributed by atoms with van der Waals surface area (Å²) in [4.78, 5) is 23.8. The van der Waals surface area contributed by atoms with Gasteiger partial charge in [0, 0.05) is 25.0 Å². The van der Waals surface area contributed by atoms with Crippen molar-refractivity contribution >= 4 is 17.4 Å². The highest BCUT2D eigenvalue weighted by Gasteiger charge is 2.18. The molecule has 2 rings (SSSR count). The number of Topliss-reactive ketones (excluding diaryl/α,β-unsaturated/α-hetero) is 1. The Hall–Kier alpha value is -2.56. The van der Waals surface area contributed by atoms with Crippen molar-refractivity contribution in [1.29, 1.82) is 0 Å². The molecule has 0 saturated carbocycles. The Bertz CT molecular complexity index is 617. The molecular formula is C14H14N2O3. The molecule has 0 fully saturated rings. The third-order valence-electron chi connectivity index (χ3n) is 2.71. The molecule has 98 valence electrons. The van der Waals surface area contributed by atoms with Crippen LogP contribution in [0.5, 0.6) is 5.75 Å². The highest BCUT2D eigenvalue weighted by Crippen LogP contribution is 2.17. The number of nitrogens with one attached hydrogen (secondary N) is 1. The van der Waals surface area contributed by atoms with Crippen molar-refractivity contribution in [2.24, 2.45) is 7.05 Å². The van der Waals surface area contributed by atoms with Crippen LogP contribution in [0.1, 0.15) is 10.5 Å². The average Bonchev–Trinajstić information content (AvgIpc) is 2.84. The van der Waals surface area contributed by atoms with Crippen molar-refractivity contribution in [2.75, 3.05) is 12.4 Å². The lowest BCUT2D eigenvalue weighted by atomic mass is 10.2. The summed E-state index contributed by atoms with van der Waals surface area (Å²) in [5, 5.41) is 2.55. The van der Waals surface area contributed by atoms with Gasteiger partial charge in [-0.1, -0.05) is 6.07 Å². The standard InChI is InChI=1S/C14H14N2O3/c1-16-8-4-7-12(16)13(17)14(18)15-10-5-3-6-11(9-10)19-2/h3-9H,1-2H3,(H,15,18). The fourth-order valence-corrected chi connectivity index (χ4v) is 1.70. The summed E-state index contributed by atoms with van der Waals surface area (Å²) in [6.07, 6.45) is 1.71. The van der Waals surface area contributed by atoms with Gasteiger partial charge in [-0.3, -0.25) is 9.59 Å². The minimum atomic E-state index is -0.671. The highest BCUT2D eigenvalue weighted by molar-refractivity contribution is 6.46. The van der Waals surface area contributed by atoms with E-state index in [4.69, 9.17) is 4.74 Å². The monoisotopic (exact) mass is 258 g/mol. The Morgan fingerprint density at radius 2 is 2.00 bits per heavy atom. The van der Waals surface area contributed by atoms with Gasteiger partial charge in [0.15, 0.2) is 0 Å². The number of benzene rings is 1. The second-order valence-corrected chi connectivity index (χ2v) is 4.02. The Kier molecular flexibility index (Phi) is 3.66. The van der Waals surface area contributed by atoms with Gasteiger partial charge in [0.2, 0.25) is 0 Å². The first kappa shape index (κ1) is 12.9. The zero-order chi connectivity index (χ0) is 13.8. The van der Waals surface area contributed by atoms with E-state index in [1.54, 1.807) is 54.2 Å². The first-order valence-corrected chi connectivity index (χ1v) is 5.73. The van der Waals surface area contributed by atoms with Crippen LogP contribution < -0.4 is 10.1 Å². The number of hydrogen-bond acceptors (Lipinski definition) is 3. The summed E-state index contributed by atoms with van der Waals surface area (Å²) >= 11 is 0. The molecule has 0 spiro atoms. The molecule has 1 amide bonds. The van der Waals surface area contributed by atoms with E-state index in [2.05, 4.69) is 5.32 Å². The molecule has 5 nitrogen and oxygen atoms in total. The van der Waals surface area contributed by atoms with Crippen LogP contribution in [-0.2, 0) is 11.8 Å². The van der Waals surface area contributed by atoms with Gasteiger partial charge in [0.25, 0.3) is 11.7 Å². The van der Waals surface area contributed by atoms with Crippen LogP contribution in [0.25, 0.3) is 0 Å². The largest absolute Gasteiger partial charge is 0.497 e. The molecule has 1 N–H and O–H groups in total. The van der Waals surface area contributed by atoms with E-state index in [0.29, 0.717) is 17.1 Å². The number of aryl methyl sites for hydroxylation is 1. The first-order chi connectivity index (χ1) is 9.11. The third kappa shape index (κ3) is 2.82. The number of ether oxygens (including phenoxy) is 1. The van der Waals surface area contributed by atoms with Crippen LogP contribution in [0.15, 0.2) is 42.6 Å². The average molecular weight is 258 g/mol. The maximum Gasteiger partial charge on any atom is 0.298 e. The normalized spacial score (nSPS) is 10.0. The van der Waals surface area contributed by atoms with Crippen LogP contribution in [0.4, 0.5) is 5.69 Å². The number of hydrogen-bond donors (Lipinski definition) is 1. The second kappa shape index (κ2) is 5.39. The summed E-state index contributed by atoms with van der Waals surface area (Å²) in [6, 6.07) is 10.2. The lowest BCUT2D eigenvalue weighted by Gasteiger charge is -2.06. The minimum Gasteiger partial charge on any atom is -0.497 e. The van der Waals surface area contributed by atoms with E-state index >= 15 is 0 Å². The van der Waals surface area contributed by atoms with Crippen LogP contribution in [0.2, 0.25) is 0 Å². The van der Waals surface area contributed by atoms with Crippen LogP contribution >= 0.6 is 0 Å². The smallest absolute Gasteiger partial charge is 0.298 e. The topological polar surface area (TPSA) is 60.3 Å². The molecule has 0 atom stereocenters. The molecule has 5 heteroatoms. The Labute approximate surface area is 110 Å². The number of carbonyl (C=O) groups is 2. The summed E-state index contributed by atoms with van der Waals surface area (Å²) in [5.41, 5.74) is 0.868. The maximum absolute atomic E-state index is 11.9. The second-order valence-electron chi connectivity index (χ2n) is 4.02. The summed E-state index contributed by atoms with van der Waals surface area (Å²) in [6.45, 7) is 0. The van der Waals surface area contributed by atoms with E-state index in [1.165, 1.54) is 7.11 Å². The number of aromatic nitrogens is 1. The predicted molar refractivity (Wildman–Crippen MR) is 71.4 cm³/mol. The number of ketones is 1. The van der Waals surface area contributed by atoms with Gasteiger partial charge in [0.1, 0.15) is 5.75 Å². The van der Waals surface area contributed by atoms with E-state index in [9.17, 15) is 9.59 Å². The molecule has 0 saturated heterocycles. The quantitative estimate of drug-likeness (QED) is 0.672. The molecule has 0 bridgehead atoms. The van der Waals surface area contributed by atoms with Crippen molar-refractivity contribution in [3.63, 3.8) is 0 Å². The molecule has 1 aromatic heterocycles. The third-order valence-corrected chi connectivity index (χ3v) is 2.71. The molecule has 0 aliphatic rings. The van der Waals surface area contributed by atoms with Crippen molar-refractivity contribution in [3.8, 4) is 5.75 Å². The number of rotatable bonds is 4. The number of carbonyl (C=O) groups excluding carboxylic acids is 2. The molecule has 1 heterocycles. The molecule has 1 aromatic carbocycles. The number of anilines is 1. The van der Waals surface area contributed by atoms with Gasteiger partial charge < -0.3 is 14.6 Å². The summed E-state index contributed by atoms with van der Waals surface area (Å²) < 4.78 is 6.65. The van der Waals surface area contributed by atoms with E-state index in [1.807, 2.05) is 0 Å². The number of methoxy groups -OCH3 is 1. The predicted octanol–water partition coefficient (Wildman–Crippen LogP) is 1.86. The molecular weight excluding hydrogens is 244 g/mol. The molecule has 2 aromatic rings. The van der Waals surface area contributed by atoms with Crippen LogP contribution in [0.3, 0.4) is 0 Å². The van der Waals surface area contributed by atoms with Crippen molar-refractivity contribution in [3.05, 3.63) is 48.3 Å². The van der Waals surface area contributed by atoms with Crippen molar-refractivity contribution in [1.82, 2.24) is 4.57 Å². The Balaban J connectivity index is 2.13. The lowest BCUT2D eigenvalue weighted by Crippen LogP contribution is -2.24. The first-order valence-electron chi connectivity index (χ1n) is 5.73. The van der Waals surface area contributed by atoms with E-state index in [0.717, 1.165) is 0 Å². The van der Waals surface area contributed by atoms with Gasteiger partial charge >= 0.3 is 0 Å². The lowest BCUT2D eigenvalue weighted by molar-refractivity contribution is -0.112. The summed E-state index contributed by atoms with van der Waals surface area (Å²) in [5.74, 6) is -0.630. The molecule has 0 radical (unpaired) electrons. The van der Waals surface area contributed by atoms with Gasteiger partial charge in [-0.15, -0.1) is 0 Å². The van der Waals surface area contributed by atoms with E-state index < -0.39 is 11.7 Å². The highest BCUT2D eigenvalue weighted by atomic mass is 16.5. The number of nitrogens with zero attached hydrogens (tertiary/aromatic N) is 1. The van der Waals surface area contributed by atoms with Crippen LogP contribution in [0, 0.1) is 0 Å². The molecule has 0 unspecified atom stereocenters. The van der Waals surface area contributed by atoms with E-state index in [-0.39, 0.29) is 0 Å². The van der Waals surface area contributed by atoms with Crippen LogP contribution in [-0.4, -0.2) is 23.4 Å². The summed E-state index contributed by atoms with van der Waals surface area (Å²) in [7, 11) is 3.25. The molecule has 0 aliphatic carbocycles. The SMILES string of the molecule is COc1cccc(NC(=O)C(=O)c2cccn2C)c1. The van der Waals surface area contributed by atoms with Crippen molar-refractivity contribution in [2.45, 2.75) is 0 Å². The van der Waals surface area contributed by atoms with Gasteiger partial charge in [-0.05, 0) is 24.3 Å². The Morgan fingerprint density at radius 3 is 2.63 bits per heavy atom. The zero-order valence-electron chi connectivity index (χ0n) is 10.7. The van der Waals surface area contributed by atoms with Crippen molar-refractivity contribution < 1.29 is 14.3 Å². The maximum atomic E-state index is 11.9. The fraction of sp³-hybridized carbons (Fsp3) is 0.143. The Morgan fingerprint density at radius 1 is 1.21 bits per heavy atom.